The third kappa shape index (κ3) is 5.47. The van der Waals surface area contributed by atoms with E-state index in [0.717, 1.165) is 18.3 Å². The molecule has 0 aromatic carbocycles. The Morgan fingerprint density at radius 3 is 2.37 bits per heavy atom. The van der Waals surface area contributed by atoms with E-state index in [1.165, 1.54) is 0 Å². The maximum absolute atomic E-state index is 13.2. The first-order chi connectivity index (χ1) is 23.2. The van der Waals surface area contributed by atoms with Crippen LogP contribution in [-0.4, -0.2) is 134 Å². The summed E-state index contributed by atoms with van der Waals surface area (Å²) in [6.45, 7) is 3.42. The molecule has 14 heteroatoms. The van der Waals surface area contributed by atoms with E-state index in [9.17, 15) is 45.3 Å². The fraction of sp³-hybridized carbons (Fsp3) is 0.886. The summed E-state index contributed by atoms with van der Waals surface area (Å²) in [7, 11) is 0. The highest BCUT2D eigenvalue weighted by Crippen LogP contribution is 2.70. The van der Waals surface area contributed by atoms with Gasteiger partial charge in [-0.2, -0.15) is 0 Å². The van der Waals surface area contributed by atoms with Crippen LogP contribution in [0.25, 0.3) is 0 Å². The Bertz CT molecular complexity index is 1300. The number of hydrogen-bond donors (Lipinski definition) is 7. The highest BCUT2D eigenvalue weighted by molar-refractivity contribution is 5.85. The third-order valence-electron chi connectivity index (χ3n) is 14.0. The summed E-state index contributed by atoms with van der Waals surface area (Å²) in [5, 5.41) is 75.9. The Morgan fingerprint density at radius 2 is 1.69 bits per heavy atom. The van der Waals surface area contributed by atoms with Gasteiger partial charge in [-0.15, -0.1) is 0 Å². The molecule has 3 heterocycles. The molecule has 6 fully saturated rings. The molecule has 7 aliphatic rings. The van der Waals surface area contributed by atoms with Gasteiger partial charge in [-0.25, -0.2) is 4.79 Å². The lowest BCUT2D eigenvalue weighted by molar-refractivity contribution is -0.345. The van der Waals surface area contributed by atoms with Crippen molar-refractivity contribution in [3.63, 3.8) is 0 Å². The first-order valence-corrected chi connectivity index (χ1v) is 17.9. The van der Waals surface area contributed by atoms with Crippen LogP contribution < -0.4 is 0 Å². The molecule has 49 heavy (non-hydrogen) atoms. The molecule has 276 valence electrons. The molecule has 0 spiro atoms. The lowest BCUT2D eigenvalue weighted by Crippen LogP contribution is -2.69. The van der Waals surface area contributed by atoms with E-state index in [2.05, 4.69) is 6.92 Å². The molecule has 14 nitrogen and oxygen atoms in total. The number of carbonyl (C=O) groups excluding carboxylic acids is 2. The van der Waals surface area contributed by atoms with Crippen molar-refractivity contribution in [2.24, 2.45) is 28.6 Å². The maximum atomic E-state index is 13.2. The highest BCUT2D eigenvalue weighted by atomic mass is 16.7. The van der Waals surface area contributed by atoms with Gasteiger partial charge in [0.2, 0.25) is 0 Å². The number of esters is 1. The summed E-state index contributed by atoms with van der Waals surface area (Å²) >= 11 is 0. The summed E-state index contributed by atoms with van der Waals surface area (Å²) in [6, 6.07) is 0. The van der Waals surface area contributed by atoms with Gasteiger partial charge < -0.3 is 64.2 Å². The zero-order valence-electron chi connectivity index (χ0n) is 28.1. The maximum Gasteiger partial charge on any atom is 0.331 e. The van der Waals surface area contributed by atoms with Crippen LogP contribution in [-0.2, 0) is 33.3 Å². The first-order valence-electron chi connectivity index (χ1n) is 17.9. The van der Waals surface area contributed by atoms with E-state index in [-0.39, 0.29) is 43.2 Å². The van der Waals surface area contributed by atoms with Gasteiger partial charge in [0.05, 0.1) is 41.5 Å². The Kier molecular flexibility index (Phi) is 9.38. The van der Waals surface area contributed by atoms with Crippen molar-refractivity contribution in [3.8, 4) is 0 Å². The number of carbonyl (C=O) groups is 2. The number of fused-ring (bicyclic) bond motifs is 5. The molecule has 4 aliphatic carbocycles. The van der Waals surface area contributed by atoms with E-state index in [4.69, 9.17) is 23.7 Å². The quantitative estimate of drug-likeness (QED) is 0.102. The molecule has 7 N–H and O–H groups in total. The summed E-state index contributed by atoms with van der Waals surface area (Å²) in [5.74, 6) is -0.688. The molecule has 0 amide bonds. The number of rotatable bonds is 7. The van der Waals surface area contributed by atoms with E-state index in [1.807, 2.05) is 0 Å². The minimum Gasteiger partial charge on any atom is -0.458 e. The SMILES string of the molecule is C[C@H]1O[C@@H](O[C@H]2CCC3(C=O)[C@H]4CC[C@]5(C)[C@@H](C6=CC(=O)OC6)CC[C@]5(O)[C@@H]4CC[C@]3(O)C2)C[C@H](O)[C@@H]1O[C@@H]1O[C@H](CO)[C@@H](O)[C@@H](O)[C@H]1O. The fourth-order valence-corrected chi connectivity index (χ4v) is 11.3. The molecule has 0 bridgehead atoms. The average molecular weight is 697 g/mol. The monoisotopic (exact) mass is 696 g/mol. The van der Waals surface area contributed by atoms with E-state index in [1.54, 1.807) is 13.0 Å². The highest BCUT2D eigenvalue weighted by Gasteiger charge is 2.71. The van der Waals surface area contributed by atoms with Gasteiger partial charge in [0.15, 0.2) is 12.6 Å². The van der Waals surface area contributed by atoms with Gasteiger partial charge in [-0.3, -0.25) is 0 Å². The Labute approximate surface area is 285 Å². The minimum absolute atomic E-state index is 0.00470. The standard InChI is InChI=1S/C35H52O14/c1-17-30(49-31-29(42)28(41)27(40)24(14-36)48-31)23(38)12-26(46-17)47-19-3-8-33(16-37)21-4-7-32(2)20(18-11-25(39)45-15-18)6-10-35(32,44)22(21)5-9-34(33,43)13-19/h11,16-17,19-24,26-31,36,38,40-44H,3-10,12-15H2,1-2H3/t17-,19+,20-,21+,22-,23+,24-,26+,27-,28-,29-,30-,31+,32-,33?,34+,35+/m1/s1. The molecule has 4 saturated carbocycles. The van der Waals surface area contributed by atoms with Crippen LogP contribution in [0.2, 0.25) is 0 Å². The van der Waals surface area contributed by atoms with Crippen molar-refractivity contribution in [2.45, 2.75) is 151 Å². The Morgan fingerprint density at radius 1 is 0.939 bits per heavy atom. The van der Waals surface area contributed by atoms with Crippen LogP contribution in [0.3, 0.4) is 0 Å². The number of aldehydes is 1. The van der Waals surface area contributed by atoms with Crippen molar-refractivity contribution < 1.29 is 69.0 Å². The number of aliphatic hydroxyl groups is 7. The second-order valence-electron chi connectivity index (χ2n) is 16.1. The number of hydrogen-bond acceptors (Lipinski definition) is 14. The largest absolute Gasteiger partial charge is 0.458 e. The van der Waals surface area contributed by atoms with E-state index >= 15 is 0 Å². The normalized spacial score (nSPS) is 54.3. The van der Waals surface area contributed by atoms with E-state index < -0.39 is 90.1 Å². The third-order valence-corrected chi connectivity index (χ3v) is 14.0. The molecular weight excluding hydrogens is 644 g/mol. The van der Waals surface area contributed by atoms with Crippen molar-refractivity contribution in [3.05, 3.63) is 11.6 Å². The number of cyclic esters (lactones) is 1. The van der Waals surface area contributed by atoms with Gasteiger partial charge in [-0.05, 0) is 81.6 Å². The summed E-state index contributed by atoms with van der Waals surface area (Å²) in [4.78, 5) is 25.0. The van der Waals surface area contributed by atoms with Gasteiger partial charge in [-0.1, -0.05) is 6.92 Å². The number of ether oxygens (including phenoxy) is 5. The summed E-state index contributed by atoms with van der Waals surface area (Å²) in [6.07, 6.45) is -4.38. The Balaban J connectivity index is 1.00. The smallest absolute Gasteiger partial charge is 0.331 e. The molecular formula is C35H52O14. The minimum atomic E-state index is -1.62. The van der Waals surface area contributed by atoms with Crippen LogP contribution in [0.4, 0.5) is 0 Å². The van der Waals surface area contributed by atoms with Crippen molar-refractivity contribution in [2.75, 3.05) is 13.2 Å². The average Bonchev–Trinajstić information content (AvgIpc) is 3.61. The summed E-state index contributed by atoms with van der Waals surface area (Å²) in [5.41, 5.74) is -2.94. The molecule has 2 saturated heterocycles. The lowest BCUT2D eigenvalue weighted by atomic mass is 9.41. The van der Waals surface area contributed by atoms with Crippen LogP contribution in [0.15, 0.2) is 11.6 Å². The summed E-state index contributed by atoms with van der Waals surface area (Å²) < 4.78 is 28.9. The van der Waals surface area contributed by atoms with Crippen molar-refractivity contribution in [1.82, 2.24) is 0 Å². The van der Waals surface area contributed by atoms with Crippen LogP contribution >= 0.6 is 0 Å². The zero-order valence-corrected chi connectivity index (χ0v) is 28.1. The van der Waals surface area contributed by atoms with Gasteiger partial charge in [0.25, 0.3) is 0 Å². The molecule has 0 aromatic heterocycles. The molecule has 0 aromatic rings. The molecule has 0 radical (unpaired) electrons. The lowest BCUT2D eigenvalue weighted by Gasteiger charge is -2.65. The Hall–Kier alpha value is -1.56. The predicted molar refractivity (Wildman–Crippen MR) is 166 cm³/mol. The van der Waals surface area contributed by atoms with Crippen molar-refractivity contribution >= 4 is 12.3 Å². The fourth-order valence-electron chi connectivity index (χ4n) is 11.3. The van der Waals surface area contributed by atoms with Gasteiger partial charge >= 0.3 is 5.97 Å². The molecule has 3 aliphatic heterocycles. The molecule has 7 rings (SSSR count). The number of aliphatic hydroxyl groups excluding tert-OH is 5. The van der Waals surface area contributed by atoms with Gasteiger partial charge in [0, 0.05) is 24.3 Å². The second kappa shape index (κ2) is 12.8. The first kappa shape index (κ1) is 35.8. The van der Waals surface area contributed by atoms with Crippen molar-refractivity contribution in [1.29, 1.82) is 0 Å². The van der Waals surface area contributed by atoms with Crippen LogP contribution in [0, 0.1) is 28.6 Å². The molecule has 17 atom stereocenters. The van der Waals surface area contributed by atoms with E-state index in [0.29, 0.717) is 44.9 Å². The predicted octanol–water partition coefficient (Wildman–Crippen LogP) is -0.397. The van der Waals surface area contributed by atoms with Crippen LogP contribution in [0.5, 0.6) is 0 Å². The van der Waals surface area contributed by atoms with Gasteiger partial charge in [0.1, 0.15) is 43.4 Å². The molecule has 1 unspecified atom stereocenters. The zero-order chi connectivity index (χ0) is 35.1. The van der Waals surface area contributed by atoms with Crippen LogP contribution in [0.1, 0.15) is 78.1 Å². The topological polar surface area (TPSA) is 222 Å². The second-order valence-corrected chi connectivity index (χ2v) is 16.1.